The molecule has 0 aliphatic carbocycles. The maximum Gasteiger partial charge on any atom is 0.261 e. The van der Waals surface area contributed by atoms with Crippen LogP contribution in [0.3, 0.4) is 0 Å². The van der Waals surface area contributed by atoms with Crippen molar-refractivity contribution in [3.8, 4) is 0 Å². The minimum atomic E-state index is 0.0657. The molecule has 8 heteroatoms. The second kappa shape index (κ2) is 25.5. The minimum Gasteiger partial charge on any atom is -0.310 e. The Morgan fingerprint density at radius 3 is 1.50 bits per heavy atom. The molecular weight excluding hydrogens is 836 g/mol. The number of hydrogen-bond acceptors (Lipinski definition) is 4. The molecule has 54 heavy (non-hydrogen) atoms. The van der Waals surface area contributed by atoms with E-state index in [0.717, 1.165) is 62.5 Å². The molecule has 0 saturated heterocycles. The molecule has 0 fully saturated rings. The molecule has 1 aromatic rings. The Balaban J connectivity index is 1.66. The lowest BCUT2D eigenvalue weighted by molar-refractivity contribution is -0.125. The predicted octanol–water partition coefficient (Wildman–Crippen LogP) is 15.6. The summed E-state index contributed by atoms with van der Waals surface area (Å²) in [7, 11) is 0. The summed E-state index contributed by atoms with van der Waals surface area (Å²) in [5.41, 5.74) is 3.26. The van der Waals surface area contributed by atoms with Gasteiger partial charge in [0.15, 0.2) is 0 Å². The van der Waals surface area contributed by atoms with Gasteiger partial charge in [-0.3, -0.25) is 9.59 Å². The van der Waals surface area contributed by atoms with E-state index in [9.17, 15) is 0 Å². The average molecular weight is 909 g/mol. The second-order valence-electron chi connectivity index (χ2n) is 16.3. The first-order valence-electron chi connectivity index (χ1n) is 22.2. The molecule has 0 spiro atoms. The van der Waals surface area contributed by atoms with Crippen LogP contribution in [0.25, 0.3) is 5.70 Å². The highest BCUT2D eigenvalue weighted by Gasteiger charge is 2.51. The van der Waals surface area contributed by atoms with Crippen LogP contribution in [0.5, 0.6) is 0 Å². The van der Waals surface area contributed by atoms with Gasteiger partial charge in [-0.1, -0.05) is 162 Å². The van der Waals surface area contributed by atoms with E-state index >= 15 is 9.59 Å². The Kier molecular flexibility index (Phi) is 21.7. The van der Waals surface area contributed by atoms with Gasteiger partial charge in [-0.25, -0.2) is 0 Å². The van der Waals surface area contributed by atoms with Crippen molar-refractivity contribution in [3.63, 3.8) is 0 Å². The molecule has 1 aromatic heterocycles. The van der Waals surface area contributed by atoms with Crippen molar-refractivity contribution in [1.29, 1.82) is 0 Å². The minimum absolute atomic E-state index is 0.0657. The number of nitrogens with zero attached hydrogens (tertiary/aromatic N) is 2. The molecule has 4 heterocycles. The zero-order chi connectivity index (χ0) is 38.7. The van der Waals surface area contributed by atoms with E-state index in [-0.39, 0.29) is 17.1 Å². The Labute approximate surface area is 355 Å². The van der Waals surface area contributed by atoms with Crippen LogP contribution in [0, 0.1) is 11.8 Å². The molecule has 3 atom stereocenters. The van der Waals surface area contributed by atoms with E-state index in [4.69, 9.17) is 0 Å². The second-order valence-corrected chi connectivity index (χ2v) is 21.4. The smallest absolute Gasteiger partial charge is 0.261 e. The summed E-state index contributed by atoms with van der Waals surface area (Å²) in [5.74, 6) is 1.02. The van der Waals surface area contributed by atoms with Gasteiger partial charge in [0, 0.05) is 22.6 Å². The van der Waals surface area contributed by atoms with Crippen LogP contribution < -0.4 is 0 Å². The maximum atomic E-state index is 15.1. The van der Waals surface area contributed by atoms with Crippen molar-refractivity contribution in [2.24, 2.45) is 11.8 Å². The number of halogens is 2. The Morgan fingerprint density at radius 1 is 0.611 bits per heavy atom. The van der Waals surface area contributed by atoms with Crippen LogP contribution in [-0.4, -0.2) is 40.0 Å². The summed E-state index contributed by atoms with van der Waals surface area (Å²) < 4.78 is 2.15. The van der Waals surface area contributed by atoms with Gasteiger partial charge >= 0.3 is 0 Å². The van der Waals surface area contributed by atoms with Gasteiger partial charge < -0.3 is 9.80 Å². The van der Waals surface area contributed by atoms with Crippen molar-refractivity contribution >= 4 is 72.5 Å². The van der Waals surface area contributed by atoms with E-state index in [1.165, 1.54) is 128 Å². The quantitative estimate of drug-likeness (QED) is 0.0722. The van der Waals surface area contributed by atoms with Gasteiger partial charge in [-0.15, -0.1) is 23.1 Å². The number of rotatable bonds is 30. The zero-order valence-corrected chi connectivity index (χ0v) is 39.1. The highest BCUT2D eigenvalue weighted by atomic mass is 79.9. The molecule has 0 aromatic carbocycles. The lowest BCUT2D eigenvalue weighted by Gasteiger charge is -2.31. The van der Waals surface area contributed by atoms with Gasteiger partial charge in [0.1, 0.15) is 0 Å². The molecule has 2 amide bonds. The summed E-state index contributed by atoms with van der Waals surface area (Å²) in [6.07, 6.45) is 33.1. The summed E-state index contributed by atoms with van der Waals surface area (Å²) in [5, 5.41) is 0.0683. The van der Waals surface area contributed by atoms with Crippen molar-refractivity contribution in [1.82, 2.24) is 9.80 Å². The van der Waals surface area contributed by atoms with E-state index in [2.05, 4.69) is 87.6 Å². The van der Waals surface area contributed by atoms with Gasteiger partial charge in [0.25, 0.3) is 11.8 Å². The lowest BCUT2D eigenvalue weighted by Crippen LogP contribution is -2.37. The predicted molar refractivity (Wildman–Crippen MR) is 243 cm³/mol. The van der Waals surface area contributed by atoms with E-state index < -0.39 is 0 Å². The van der Waals surface area contributed by atoms with E-state index in [1.807, 2.05) is 0 Å². The molecule has 0 saturated carbocycles. The first-order chi connectivity index (χ1) is 26.3. The number of thiophene rings is 1. The maximum absolute atomic E-state index is 15.1. The fourth-order valence-corrected chi connectivity index (χ4v) is 12.0. The lowest BCUT2D eigenvalue weighted by atomic mass is 9.93. The zero-order valence-electron chi connectivity index (χ0n) is 34.3. The highest BCUT2D eigenvalue weighted by molar-refractivity contribution is 9.14. The third-order valence-electron chi connectivity index (χ3n) is 11.8. The number of carbonyl (C=O) groups excluding carboxylic acids is 2. The van der Waals surface area contributed by atoms with Crippen molar-refractivity contribution in [2.75, 3.05) is 13.1 Å². The summed E-state index contributed by atoms with van der Waals surface area (Å²) in [4.78, 5) is 35.4. The third kappa shape index (κ3) is 13.6. The van der Waals surface area contributed by atoms with Crippen LogP contribution in [0.2, 0.25) is 0 Å². The summed E-state index contributed by atoms with van der Waals surface area (Å²) in [6.45, 7) is 10.5. The van der Waals surface area contributed by atoms with Crippen molar-refractivity contribution in [3.05, 3.63) is 47.5 Å². The Bertz CT molecular complexity index is 1400. The molecule has 3 unspecified atom stereocenters. The largest absolute Gasteiger partial charge is 0.310 e. The Hall–Kier alpha value is -0.830. The average Bonchev–Trinajstić information content (AvgIpc) is 3.92. The third-order valence-corrected chi connectivity index (χ3v) is 15.4. The van der Waals surface area contributed by atoms with Crippen LogP contribution in [0.1, 0.15) is 193 Å². The molecular formula is C46H72Br2N2O2S2. The molecule has 304 valence electrons. The highest BCUT2D eigenvalue weighted by Crippen LogP contribution is 2.51. The molecule has 3 aliphatic heterocycles. The van der Waals surface area contributed by atoms with E-state index in [0.29, 0.717) is 29.5 Å². The van der Waals surface area contributed by atoms with Crippen LogP contribution in [0.15, 0.2) is 42.7 Å². The summed E-state index contributed by atoms with van der Waals surface area (Å²) >= 11 is 10.9. The van der Waals surface area contributed by atoms with Gasteiger partial charge in [-0.2, -0.15) is 0 Å². The van der Waals surface area contributed by atoms with Gasteiger partial charge in [0.05, 0.1) is 30.8 Å². The summed E-state index contributed by atoms with van der Waals surface area (Å²) in [6, 6.07) is 4.20. The monoisotopic (exact) mass is 906 g/mol. The number of carbonyl (C=O) groups is 2. The first-order valence-corrected chi connectivity index (χ1v) is 25.5. The Morgan fingerprint density at radius 2 is 1.06 bits per heavy atom. The number of fused-ring (bicyclic) bond motifs is 1. The molecule has 0 radical (unpaired) electrons. The number of unbranched alkanes of at least 4 members (excludes halogenated alkanes) is 16. The van der Waals surface area contributed by atoms with Gasteiger partial charge in [0.2, 0.25) is 0 Å². The molecule has 4 rings (SSSR count). The number of hydrogen-bond donors (Lipinski definition) is 0. The van der Waals surface area contributed by atoms with Crippen LogP contribution in [-0.2, 0) is 9.59 Å². The number of amides is 2. The van der Waals surface area contributed by atoms with Crippen LogP contribution in [0.4, 0.5) is 0 Å². The molecule has 0 bridgehead atoms. The SMILES string of the molecule is CCCCCCCCC(CCCCCC)CN1C(=O)C2=C(C3CC=C(Br)S3)N(CC(CCCCCC)CCCCCCCC)C(=O)C2=C1c1ccc(Br)s1. The fraction of sp³-hybridized carbons (Fsp3) is 0.739. The van der Waals surface area contributed by atoms with Crippen LogP contribution >= 0.6 is 55.0 Å². The molecule has 3 aliphatic rings. The van der Waals surface area contributed by atoms with Crippen molar-refractivity contribution in [2.45, 2.75) is 193 Å². The number of allylic oxidation sites excluding steroid dienone is 1. The standard InChI is InChI=1S/C46H72Br2N2O2S2/c1-5-9-13-17-19-23-27-35(25-21-15-11-7-3)33-49-43(37-29-31-39(47)53-37)41-42(45(49)51)44(38-30-32-40(48)54-38)50(46(41)52)34-36(26-22-16-12-8-4)28-24-20-18-14-10-6-2/h29,31-32,35-36,38H,5-28,30,33-34H2,1-4H3. The topological polar surface area (TPSA) is 40.6 Å². The van der Waals surface area contributed by atoms with Gasteiger partial charge in [-0.05, 0) is 87.9 Å². The molecule has 0 N–H and O–H groups in total. The van der Waals surface area contributed by atoms with E-state index in [1.54, 1.807) is 23.1 Å². The first kappa shape index (κ1) is 45.9. The number of thioether (sulfide) groups is 1. The van der Waals surface area contributed by atoms with Crippen molar-refractivity contribution < 1.29 is 9.59 Å². The fourth-order valence-electron chi connectivity index (χ4n) is 8.73. The normalized spacial score (nSPS) is 18.5. The molecule has 4 nitrogen and oxygen atoms in total.